The predicted molar refractivity (Wildman–Crippen MR) is 108 cm³/mol. The summed E-state index contributed by atoms with van der Waals surface area (Å²) in [6.07, 6.45) is 5.46. The Morgan fingerprint density at radius 1 is 1.04 bits per heavy atom. The molecule has 0 aliphatic carbocycles. The fraction of sp³-hybridized carbons (Fsp3) is 0.348. The Hall–Kier alpha value is -2.95. The number of carbonyl (C=O) groups excluding carboxylic acids is 2. The first kappa shape index (κ1) is 18.4. The van der Waals surface area contributed by atoms with Crippen LogP contribution < -0.4 is 0 Å². The van der Waals surface area contributed by atoms with Crippen LogP contribution in [0.3, 0.4) is 0 Å². The number of likely N-dealkylation sites (tertiary alicyclic amines) is 1. The second kappa shape index (κ2) is 7.58. The first-order valence-corrected chi connectivity index (χ1v) is 9.86. The molecule has 4 rings (SSSR count). The van der Waals surface area contributed by atoms with Gasteiger partial charge in [-0.1, -0.05) is 42.8 Å². The second-order valence-corrected chi connectivity index (χ2v) is 7.82. The number of imide groups is 1. The zero-order chi connectivity index (χ0) is 19.7. The monoisotopic (exact) mass is 375 g/mol. The summed E-state index contributed by atoms with van der Waals surface area (Å²) < 4.78 is 0. The average molecular weight is 375 g/mol. The molecule has 1 aromatic heterocycles. The maximum Gasteiger partial charge on any atom is 0.278 e. The Balaban J connectivity index is 1.72. The van der Waals surface area contributed by atoms with E-state index in [0.717, 1.165) is 42.6 Å². The van der Waals surface area contributed by atoms with Gasteiger partial charge in [-0.3, -0.25) is 19.5 Å². The van der Waals surface area contributed by atoms with E-state index in [1.807, 2.05) is 43.3 Å². The molecule has 0 N–H and O–H groups in total. The number of carbonyl (C=O) groups is 2. The van der Waals surface area contributed by atoms with Crippen molar-refractivity contribution in [2.24, 2.45) is 5.92 Å². The van der Waals surface area contributed by atoms with Crippen LogP contribution >= 0.6 is 0 Å². The van der Waals surface area contributed by atoms with E-state index in [-0.39, 0.29) is 18.4 Å². The fourth-order valence-corrected chi connectivity index (χ4v) is 3.89. The van der Waals surface area contributed by atoms with Crippen LogP contribution in [0.5, 0.6) is 0 Å². The Labute approximate surface area is 165 Å². The fourth-order valence-electron chi connectivity index (χ4n) is 3.89. The molecule has 2 aliphatic heterocycles. The quantitative estimate of drug-likeness (QED) is 0.769. The topological polar surface area (TPSA) is 53.5 Å². The van der Waals surface area contributed by atoms with Crippen LogP contribution in [-0.4, -0.2) is 39.7 Å². The summed E-state index contributed by atoms with van der Waals surface area (Å²) in [6, 6.07) is 11.6. The number of benzene rings is 1. The van der Waals surface area contributed by atoms with E-state index in [1.165, 1.54) is 4.90 Å². The maximum atomic E-state index is 13.3. The maximum absolute atomic E-state index is 13.3. The molecule has 0 atom stereocenters. The van der Waals surface area contributed by atoms with Crippen LogP contribution in [0, 0.1) is 12.8 Å². The van der Waals surface area contributed by atoms with Gasteiger partial charge >= 0.3 is 0 Å². The van der Waals surface area contributed by atoms with E-state index < -0.39 is 0 Å². The molecule has 1 fully saturated rings. The van der Waals surface area contributed by atoms with Crippen molar-refractivity contribution in [1.82, 2.24) is 14.8 Å². The molecule has 2 amide bonds. The van der Waals surface area contributed by atoms with Crippen LogP contribution in [0.2, 0.25) is 0 Å². The lowest BCUT2D eigenvalue weighted by Crippen LogP contribution is -2.38. The molecule has 0 radical (unpaired) electrons. The number of amides is 2. The summed E-state index contributed by atoms with van der Waals surface area (Å²) in [5.41, 5.74) is 3.88. The van der Waals surface area contributed by atoms with E-state index in [1.54, 1.807) is 12.4 Å². The van der Waals surface area contributed by atoms with Crippen molar-refractivity contribution in [3.63, 3.8) is 0 Å². The van der Waals surface area contributed by atoms with E-state index in [2.05, 4.69) is 16.8 Å². The summed E-state index contributed by atoms with van der Waals surface area (Å²) in [7, 11) is 0. The highest BCUT2D eigenvalue weighted by Gasteiger charge is 2.42. The molecular formula is C23H25N3O2. The van der Waals surface area contributed by atoms with E-state index >= 15 is 0 Å². The number of nitrogens with zero attached hydrogens (tertiary/aromatic N) is 3. The van der Waals surface area contributed by atoms with Gasteiger partial charge in [0, 0.05) is 25.5 Å². The summed E-state index contributed by atoms with van der Waals surface area (Å²) in [4.78, 5) is 34.2. The molecule has 1 saturated heterocycles. The highest BCUT2D eigenvalue weighted by Crippen LogP contribution is 2.34. The molecule has 2 aromatic rings. The molecule has 5 nitrogen and oxygen atoms in total. The Kier molecular flexibility index (Phi) is 4.99. The lowest BCUT2D eigenvalue weighted by atomic mass is 9.97. The average Bonchev–Trinajstić information content (AvgIpc) is 2.95. The van der Waals surface area contributed by atoms with Gasteiger partial charge in [-0.25, -0.2) is 0 Å². The van der Waals surface area contributed by atoms with E-state index in [9.17, 15) is 9.59 Å². The Morgan fingerprint density at radius 2 is 1.75 bits per heavy atom. The van der Waals surface area contributed by atoms with Gasteiger partial charge in [0.05, 0.1) is 12.1 Å². The second-order valence-electron chi connectivity index (χ2n) is 7.82. The normalized spacial score (nSPS) is 18.4. The van der Waals surface area contributed by atoms with E-state index in [4.69, 9.17) is 0 Å². The predicted octanol–water partition coefficient (Wildman–Crippen LogP) is 3.40. The summed E-state index contributed by atoms with van der Waals surface area (Å²) >= 11 is 0. The van der Waals surface area contributed by atoms with Gasteiger partial charge in [-0.15, -0.1) is 0 Å². The molecule has 5 heteroatoms. The summed E-state index contributed by atoms with van der Waals surface area (Å²) in [6.45, 7) is 6.12. The molecule has 144 valence electrons. The first-order valence-electron chi connectivity index (χ1n) is 9.86. The van der Waals surface area contributed by atoms with E-state index in [0.29, 0.717) is 17.2 Å². The van der Waals surface area contributed by atoms with Gasteiger partial charge in [0.2, 0.25) is 0 Å². The molecule has 0 saturated carbocycles. The third-order valence-electron chi connectivity index (χ3n) is 5.65. The zero-order valence-electron chi connectivity index (χ0n) is 16.4. The Morgan fingerprint density at radius 3 is 2.39 bits per heavy atom. The van der Waals surface area contributed by atoms with Gasteiger partial charge in [0.1, 0.15) is 5.70 Å². The SMILES string of the molecule is Cc1ccc(C2=C(N3CCC(C)CC3)C(=O)N(Cc3cccnc3)C2=O)cc1. The van der Waals surface area contributed by atoms with Crippen molar-refractivity contribution < 1.29 is 9.59 Å². The van der Waals surface area contributed by atoms with Gasteiger partial charge in [-0.2, -0.15) is 0 Å². The van der Waals surface area contributed by atoms with Crippen molar-refractivity contribution in [3.8, 4) is 0 Å². The number of rotatable bonds is 4. The number of aryl methyl sites for hydroxylation is 1. The molecule has 2 aliphatic rings. The molecule has 28 heavy (non-hydrogen) atoms. The largest absolute Gasteiger partial charge is 0.366 e. The van der Waals surface area contributed by atoms with Gasteiger partial charge in [0.25, 0.3) is 11.8 Å². The molecule has 3 heterocycles. The molecule has 1 aromatic carbocycles. The number of hydrogen-bond donors (Lipinski definition) is 0. The smallest absolute Gasteiger partial charge is 0.278 e. The number of pyridine rings is 1. The van der Waals surface area contributed by atoms with Crippen molar-refractivity contribution in [2.75, 3.05) is 13.1 Å². The third-order valence-corrected chi connectivity index (χ3v) is 5.65. The van der Waals surface area contributed by atoms with Crippen molar-refractivity contribution >= 4 is 17.4 Å². The zero-order valence-corrected chi connectivity index (χ0v) is 16.4. The summed E-state index contributed by atoms with van der Waals surface area (Å²) in [5, 5.41) is 0. The first-order chi connectivity index (χ1) is 13.5. The van der Waals surface area contributed by atoms with Crippen LogP contribution in [0.15, 0.2) is 54.5 Å². The van der Waals surface area contributed by atoms with Gasteiger partial charge in [0.15, 0.2) is 0 Å². The highest BCUT2D eigenvalue weighted by atomic mass is 16.2. The standard InChI is InChI=1S/C23H25N3O2/c1-16-5-7-19(8-6-16)20-21(25-12-9-17(2)10-13-25)23(28)26(22(20)27)15-18-4-3-11-24-14-18/h3-8,11,14,17H,9-10,12-13,15H2,1-2H3. The molecule has 0 bridgehead atoms. The lowest BCUT2D eigenvalue weighted by molar-refractivity contribution is -0.138. The van der Waals surface area contributed by atoms with Crippen LogP contribution in [0.1, 0.15) is 36.5 Å². The van der Waals surface area contributed by atoms with Gasteiger partial charge in [-0.05, 0) is 42.9 Å². The number of piperidine rings is 1. The van der Waals surface area contributed by atoms with Crippen LogP contribution in [-0.2, 0) is 16.1 Å². The summed E-state index contributed by atoms with van der Waals surface area (Å²) in [5.74, 6) is 0.240. The van der Waals surface area contributed by atoms with Gasteiger partial charge < -0.3 is 4.90 Å². The van der Waals surface area contributed by atoms with Crippen molar-refractivity contribution in [2.45, 2.75) is 33.2 Å². The highest BCUT2D eigenvalue weighted by molar-refractivity contribution is 6.35. The lowest BCUT2D eigenvalue weighted by Gasteiger charge is -2.32. The Bertz CT molecular complexity index is 911. The molecular weight excluding hydrogens is 350 g/mol. The number of hydrogen-bond acceptors (Lipinski definition) is 4. The minimum atomic E-state index is -0.216. The number of aromatic nitrogens is 1. The molecule has 0 unspecified atom stereocenters. The van der Waals surface area contributed by atoms with Crippen molar-refractivity contribution in [1.29, 1.82) is 0 Å². The minimum Gasteiger partial charge on any atom is -0.366 e. The van der Waals surface area contributed by atoms with Crippen molar-refractivity contribution in [3.05, 3.63) is 71.2 Å². The third kappa shape index (κ3) is 3.44. The molecule has 0 spiro atoms. The van der Waals surface area contributed by atoms with Crippen LogP contribution in [0.25, 0.3) is 5.57 Å². The van der Waals surface area contributed by atoms with Crippen LogP contribution in [0.4, 0.5) is 0 Å². The minimum absolute atomic E-state index is 0.195.